The first-order valence-corrected chi connectivity index (χ1v) is 11.9. The number of benzene rings is 1. The van der Waals surface area contributed by atoms with Crippen molar-refractivity contribution in [2.75, 3.05) is 23.7 Å². The maximum absolute atomic E-state index is 11.9. The number of carbonyl (C=O) groups is 1. The average molecular weight is 502 g/mol. The van der Waals surface area contributed by atoms with Gasteiger partial charge in [-0.1, -0.05) is 24.2 Å². The van der Waals surface area contributed by atoms with Crippen molar-refractivity contribution in [2.45, 2.75) is 19.1 Å². The zero-order valence-corrected chi connectivity index (χ0v) is 20.2. The molecule has 1 atom stereocenters. The van der Waals surface area contributed by atoms with Crippen LogP contribution in [0.5, 0.6) is 5.75 Å². The van der Waals surface area contributed by atoms with E-state index in [4.69, 9.17) is 21.3 Å². The van der Waals surface area contributed by atoms with Gasteiger partial charge in [0.2, 0.25) is 5.91 Å². The molecule has 1 saturated heterocycles. The quantitative estimate of drug-likeness (QED) is 0.338. The van der Waals surface area contributed by atoms with Crippen molar-refractivity contribution in [3.8, 4) is 5.75 Å². The second kappa shape index (κ2) is 10.6. The fourth-order valence-corrected chi connectivity index (χ4v) is 4.23. The molecule has 0 aliphatic carbocycles. The number of hydrogen-bond donors (Lipinski definition) is 2. The van der Waals surface area contributed by atoms with Crippen molar-refractivity contribution < 1.29 is 9.53 Å². The molecule has 9 nitrogen and oxygen atoms in total. The van der Waals surface area contributed by atoms with E-state index in [0.29, 0.717) is 53.1 Å². The first-order chi connectivity index (χ1) is 17.6. The molecule has 1 aliphatic heterocycles. The number of carbonyl (C=O) groups excluding carboxylic acids is 1. The van der Waals surface area contributed by atoms with Crippen molar-refractivity contribution >= 4 is 45.9 Å². The average Bonchev–Trinajstić information content (AvgIpc) is 3.37. The van der Waals surface area contributed by atoms with Crippen LogP contribution in [0.15, 0.2) is 73.7 Å². The Morgan fingerprint density at radius 1 is 1.19 bits per heavy atom. The van der Waals surface area contributed by atoms with Crippen molar-refractivity contribution in [3.63, 3.8) is 0 Å². The molecule has 0 bridgehead atoms. The van der Waals surface area contributed by atoms with Crippen molar-refractivity contribution in [2.24, 2.45) is 0 Å². The number of fused-ring (bicyclic) bond motifs is 1. The van der Waals surface area contributed by atoms with Crippen molar-refractivity contribution in [3.05, 3.63) is 84.4 Å². The van der Waals surface area contributed by atoms with Gasteiger partial charge < -0.3 is 20.3 Å². The Morgan fingerprint density at radius 2 is 2.11 bits per heavy atom. The number of aromatic nitrogens is 4. The van der Waals surface area contributed by atoms with Crippen LogP contribution in [0.25, 0.3) is 11.0 Å². The molecule has 0 radical (unpaired) electrons. The number of hydrogen-bond acceptors (Lipinski definition) is 8. The number of ether oxygens (including phenoxy) is 1. The highest BCUT2D eigenvalue weighted by atomic mass is 35.5. The molecule has 182 valence electrons. The number of likely N-dealkylation sites (tertiary alicyclic amines) is 1. The highest BCUT2D eigenvalue weighted by molar-refractivity contribution is 6.32. The Morgan fingerprint density at radius 3 is 2.92 bits per heavy atom. The van der Waals surface area contributed by atoms with Crippen LogP contribution in [0.3, 0.4) is 0 Å². The Labute approximate surface area is 213 Å². The van der Waals surface area contributed by atoms with E-state index in [1.807, 2.05) is 36.4 Å². The highest BCUT2D eigenvalue weighted by Gasteiger charge is 2.25. The molecule has 1 aliphatic rings. The summed E-state index contributed by atoms with van der Waals surface area (Å²) in [5.74, 6) is 1.74. The second-order valence-electron chi connectivity index (χ2n) is 8.28. The standard InChI is InChI=1S/C26H24ClN7O2/c1-2-24(35)34-12-10-18(14-34)31-23-9-7-21-25(33-23)26(30-16-29-21)32-17-6-8-22(20(27)13-17)36-15-19-5-3-4-11-28-19/h2-9,11,13,16,18H,1,10,12,14-15H2,(H,31,33)(H,29,30,32)/t18-/m0/s1. The lowest BCUT2D eigenvalue weighted by Gasteiger charge is -2.16. The van der Waals surface area contributed by atoms with Crippen LogP contribution in [-0.4, -0.2) is 49.9 Å². The van der Waals surface area contributed by atoms with Gasteiger partial charge in [-0.3, -0.25) is 9.78 Å². The Balaban J connectivity index is 1.30. The number of rotatable bonds is 8. The first-order valence-electron chi connectivity index (χ1n) is 11.5. The van der Waals surface area contributed by atoms with E-state index < -0.39 is 0 Å². The summed E-state index contributed by atoms with van der Waals surface area (Å²) in [5.41, 5.74) is 2.87. The molecule has 10 heteroatoms. The maximum Gasteiger partial charge on any atom is 0.246 e. The third-order valence-electron chi connectivity index (χ3n) is 5.80. The molecule has 3 aromatic heterocycles. The minimum atomic E-state index is -0.0579. The van der Waals surface area contributed by atoms with E-state index in [0.717, 1.165) is 17.8 Å². The predicted molar refractivity (Wildman–Crippen MR) is 139 cm³/mol. The van der Waals surface area contributed by atoms with E-state index >= 15 is 0 Å². The van der Waals surface area contributed by atoms with Crippen LogP contribution in [0.4, 0.5) is 17.3 Å². The van der Waals surface area contributed by atoms with Gasteiger partial charge in [0, 0.05) is 31.0 Å². The third kappa shape index (κ3) is 5.36. The Bertz CT molecular complexity index is 1400. The number of nitrogens with zero attached hydrogens (tertiary/aromatic N) is 5. The molecule has 0 spiro atoms. The number of anilines is 3. The van der Waals surface area contributed by atoms with Gasteiger partial charge in [-0.15, -0.1) is 0 Å². The molecule has 4 aromatic rings. The molecular weight excluding hydrogens is 478 g/mol. The maximum atomic E-state index is 11.9. The summed E-state index contributed by atoms with van der Waals surface area (Å²) in [5, 5.41) is 7.16. The monoisotopic (exact) mass is 501 g/mol. The smallest absolute Gasteiger partial charge is 0.246 e. The lowest BCUT2D eigenvalue weighted by molar-refractivity contribution is -0.125. The summed E-state index contributed by atoms with van der Waals surface area (Å²) in [6.07, 6.45) is 5.39. The second-order valence-corrected chi connectivity index (χ2v) is 8.69. The first kappa shape index (κ1) is 23.5. The molecule has 36 heavy (non-hydrogen) atoms. The molecule has 0 unspecified atom stereocenters. The van der Waals surface area contributed by atoms with E-state index in [-0.39, 0.29) is 11.9 Å². The minimum absolute atomic E-state index is 0.0579. The fraction of sp³-hybridized carbons (Fsp3) is 0.192. The molecule has 4 heterocycles. The fourth-order valence-electron chi connectivity index (χ4n) is 4.00. The summed E-state index contributed by atoms with van der Waals surface area (Å²) >= 11 is 6.47. The molecule has 2 N–H and O–H groups in total. The van der Waals surface area contributed by atoms with E-state index in [1.165, 1.54) is 12.4 Å². The largest absolute Gasteiger partial charge is 0.486 e. The molecule has 0 saturated carbocycles. The topological polar surface area (TPSA) is 105 Å². The molecule has 5 rings (SSSR count). The number of halogens is 1. The summed E-state index contributed by atoms with van der Waals surface area (Å²) in [7, 11) is 0. The normalized spacial score (nSPS) is 15.0. The van der Waals surface area contributed by atoms with Gasteiger partial charge in [-0.25, -0.2) is 15.0 Å². The van der Waals surface area contributed by atoms with Crippen LogP contribution in [0.1, 0.15) is 12.1 Å². The lowest BCUT2D eigenvalue weighted by atomic mass is 10.2. The SMILES string of the molecule is C=CC(=O)N1CC[C@H](Nc2ccc3ncnc(Nc4ccc(OCc5ccccn5)c(Cl)c4)c3n2)C1. The van der Waals surface area contributed by atoms with Gasteiger partial charge in [-0.2, -0.15) is 0 Å². The summed E-state index contributed by atoms with van der Waals surface area (Å²) in [6.45, 7) is 5.18. The van der Waals surface area contributed by atoms with Crippen LogP contribution in [0.2, 0.25) is 5.02 Å². The predicted octanol–water partition coefficient (Wildman–Crippen LogP) is 4.59. The molecule has 1 amide bonds. The van der Waals surface area contributed by atoms with Gasteiger partial charge in [0.1, 0.15) is 30.0 Å². The van der Waals surface area contributed by atoms with Gasteiger partial charge in [-0.05, 0) is 55.0 Å². The minimum Gasteiger partial charge on any atom is -0.486 e. The number of amides is 1. The van der Waals surface area contributed by atoms with E-state index in [9.17, 15) is 4.79 Å². The molecule has 1 aromatic carbocycles. The zero-order valence-electron chi connectivity index (χ0n) is 19.4. The third-order valence-corrected chi connectivity index (χ3v) is 6.10. The van der Waals surface area contributed by atoms with Gasteiger partial charge >= 0.3 is 0 Å². The van der Waals surface area contributed by atoms with Gasteiger partial charge in [0.05, 0.1) is 16.2 Å². The van der Waals surface area contributed by atoms with Crippen molar-refractivity contribution in [1.29, 1.82) is 0 Å². The summed E-state index contributed by atoms with van der Waals surface area (Å²) in [6, 6.07) is 15.0. The van der Waals surface area contributed by atoms with Crippen LogP contribution < -0.4 is 15.4 Å². The Hall–Kier alpha value is -4.24. The van der Waals surface area contributed by atoms with Gasteiger partial charge in [0.15, 0.2) is 5.82 Å². The number of nitrogens with one attached hydrogen (secondary N) is 2. The zero-order chi connectivity index (χ0) is 24.9. The van der Waals surface area contributed by atoms with Crippen molar-refractivity contribution in [1.82, 2.24) is 24.8 Å². The summed E-state index contributed by atoms with van der Waals surface area (Å²) < 4.78 is 5.81. The van der Waals surface area contributed by atoms with Crippen LogP contribution in [0, 0.1) is 0 Å². The van der Waals surface area contributed by atoms with Crippen LogP contribution >= 0.6 is 11.6 Å². The Kier molecular flexibility index (Phi) is 6.90. The van der Waals surface area contributed by atoms with Crippen LogP contribution in [-0.2, 0) is 11.4 Å². The lowest BCUT2D eigenvalue weighted by Crippen LogP contribution is -2.30. The van der Waals surface area contributed by atoms with Gasteiger partial charge in [0.25, 0.3) is 0 Å². The summed E-state index contributed by atoms with van der Waals surface area (Å²) in [4.78, 5) is 31.4. The number of pyridine rings is 2. The molecular formula is C26H24ClN7O2. The highest BCUT2D eigenvalue weighted by Crippen LogP contribution is 2.31. The van der Waals surface area contributed by atoms with E-state index in [2.05, 4.69) is 32.2 Å². The molecule has 1 fully saturated rings. The van der Waals surface area contributed by atoms with E-state index in [1.54, 1.807) is 23.2 Å².